The average molecular weight is 263 g/mol. The van der Waals surface area contributed by atoms with Gasteiger partial charge < -0.3 is 10.2 Å². The lowest BCUT2D eigenvalue weighted by molar-refractivity contribution is 0.451. The maximum absolute atomic E-state index is 13.9. The van der Waals surface area contributed by atoms with E-state index in [0.717, 1.165) is 11.1 Å². The summed E-state index contributed by atoms with van der Waals surface area (Å²) in [6.45, 7) is 7.44. The number of aryl methyl sites for hydroxylation is 1. The molecule has 0 spiro atoms. The Labute approximate surface area is 108 Å². The zero-order chi connectivity index (χ0) is 14.2. The van der Waals surface area contributed by atoms with E-state index < -0.39 is 17.6 Å². The number of aromatic amines is 1. The van der Waals surface area contributed by atoms with Gasteiger partial charge in [-0.25, -0.2) is 14.3 Å². The molecule has 0 fully saturated rings. The topological polar surface area (TPSA) is 84.9 Å². The number of benzene rings is 1. The van der Waals surface area contributed by atoms with E-state index in [9.17, 15) is 9.18 Å². The van der Waals surface area contributed by atoms with E-state index in [2.05, 4.69) is 16.8 Å². The average Bonchev–Trinajstić information content (AvgIpc) is 2.80. The summed E-state index contributed by atoms with van der Waals surface area (Å²) in [5.41, 5.74) is 8.21. The highest BCUT2D eigenvalue weighted by Gasteiger charge is 2.21. The van der Waals surface area contributed by atoms with Gasteiger partial charge in [0.25, 0.3) is 0 Å². The number of nitrogens with two attached hydrogens (primary N) is 1. The summed E-state index contributed by atoms with van der Waals surface area (Å²) in [7, 11) is 0. The molecule has 0 amide bonds. The van der Waals surface area contributed by atoms with Gasteiger partial charge in [-0.05, 0) is 36.6 Å². The third-order valence-electron chi connectivity index (χ3n) is 3.10. The first-order valence-corrected chi connectivity index (χ1v) is 5.67. The van der Waals surface area contributed by atoms with Gasteiger partial charge >= 0.3 is 5.76 Å². The number of halogens is 1. The van der Waals surface area contributed by atoms with Crippen LogP contribution in [0.5, 0.6) is 0 Å². The Morgan fingerprint density at radius 2 is 2.21 bits per heavy atom. The lowest BCUT2D eigenvalue weighted by atomic mass is 9.93. The first-order chi connectivity index (χ1) is 8.91. The molecule has 0 saturated heterocycles. The Hall–Kier alpha value is -2.21. The monoisotopic (exact) mass is 263 g/mol. The molecule has 0 saturated carbocycles. The van der Waals surface area contributed by atoms with Crippen molar-refractivity contribution in [3.63, 3.8) is 0 Å². The third-order valence-corrected chi connectivity index (χ3v) is 3.10. The molecule has 0 bridgehead atoms. The molecule has 5 nitrogen and oxygen atoms in total. The van der Waals surface area contributed by atoms with Crippen molar-refractivity contribution in [3.05, 3.63) is 57.7 Å². The van der Waals surface area contributed by atoms with Crippen LogP contribution < -0.4 is 11.5 Å². The van der Waals surface area contributed by atoms with Crippen LogP contribution in [0.1, 0.15) is 28.6 Å². The Morgan fingerprint density at radius 1 is 1.53 bits per heavy atom. The molecule has 100 valence electrons. The van der Waals surface area contributed by atoms with Crippen molar-refractivity contribution in [1.29, 1.82) is 0 Å². The van der Waals surface area contributed by atoms with Gasteiger partial charge in [0.1, 0.15) is 11.9 Å². The molecule has 1 aromatic heterocycles. The molecule has 2 rings (SSSR count). The second-order valence-corrected chi connectivity index (χ2v) is 4.32. The largest absolute Gasteiger partial charge is 0.434 e. The SMILES string of the molecule is C=C(c1c(F)ccc(C)c1C)C(N)c1n[nH]c(=O)o1. The molecule has 1 heterocycles. The molecule has 6 heteroatoms. The Bertz CT molecular complexity index is 687. The van der Waals surface area contributed by atoms with E-state index in [1.807, 2.05) is 6.92 Å². The second-order valence-electron chi connectivity index (χ2n) is 4.32. The van der Waals surface area contributed by atoms with Crippen molar-refractivity contribution in [2.75, 3.05) is 0 Å². The van der Waals surface area contributed by atoms with Crippen molar-refractivity contribution in [2.24, 2.45) is 5.73 Å². The minimum absolute atomic E-state index is 0.0182. The van der Waals surface area contributed by atoms with Crippen LogP contribution in [-0.2, 0) is 0 Å². The van der Waals surface area contributed by atoms with Crippen LogP contribution in [0.4, 0.5) is 4.39 Å². The molecule has 0 aliphatic carbocycles. The van der Waals surface area contributed by atoms with Crippen LogP contribution in [0.2, 0.25) is 0 Å². The predicted octanol–water partition coefficient (Wildman–Crippen LogP) is 1.83. The highest BCUT2D eigenvalue weighted by Crippen LogP contribution is 2.30. The molecule has 1 atom stereocenters. The van der Waals surface area contributed by atoms with Crippen LogP contribution in [0.15, 0.2) is 27.9 Å². The van der Waals surface area contributed by atoms with E-state index >= 15 is 0 Å². The van der Waals surface area contributed by atoms with Gasteiger partial charge in [0.05, 0.1) is 0 Å². The summed E-state index contributed by atoms with van der Waals surface area (Å²) in [6.07, 6.45) is 0. The number of hydrogen-bond donors (Lipinski definition) is 2. The van der Waals surface area contributed by atoms with E-state index in [1.54, 1.807) is 13.0 Å². The van der Waals surface area contributed by atoms with E-state index in [1.165, 1.54) is 6.07 Å². The Kier molecular flexibility index (Phi) is 3.35. The molecule has 0 aliphatic rings. The van der Waals surface area contributed by atoms with E-state index in [0.29, 0.717) is 11.1 Å². The van der Waals surface area contributed by atoms with Crippen LogP contribution in [0.25, 0.3) is 5.57 Å². The maximum Gasteiger partial charge on any atom is 0.434 e. The second kappa shape index (κ2) is 4.81. The summed E-state index contributed by atoms with van der Waals surface area (Å²) < 4.78 is 18.7. The van der Waals surface area contributed by atoms with Gasteiger partial charge in [-0.15, -0.1) is 5.10 Å². The van der Waals surface area contributed by atoms with Crippen LogP contribution in [0, 0.1) is 19.7 Å². The fourth-order valence-electron chi connectivity index (χ4n) is 1.86. The van der Waals surface area contributed by atoms with Gasteiger partial charge in [-0.3, -0.25) is 0 Å². The third kappa shape index (κ3) is 2.34. The Morgan fingerprint density at radius 3 is 2.79 bits per heavy atom. The fraction of sp³-hybridized carbons (Fsp3) is 0.231. The number of aromatic nitrogens is 2. The van der Waals surface area contributed by atoms with E-state index in [-0.39, 0.29) is 5.89 Å². The maximum atomic E-state index is 13.9. The zero-order valence-corrected chi connectivity index (χ0v) is 10.7. The summed E-state index contributed by atoms with van der Waals surface area (Å²) in [5.74, 6) is -1.14. The van der Waals surface area contributed by atoms with Gasteiger partial charge in [-0.2, -0.15) is 0 Å². The van der Waals surface area contributed by atoms with Crippen molar-refractivity contribution in [2.45, 2.75) is 19.9 Å². The summed E-state index contributed by atoms with van der Waals surface area (Å²) in [4.78, 5) is 10.9. The lowest BCUT2D eigenvalue weighted by Gasteiger charge is -2.16. The quantitative estimate of drug-likeness (QED) is 0.884. The van der Waals surface area contributed by atoms with Crippen LogP contribution in [-0.4, -0.2) is 10.2 Å². The number of rotatable bonds is 3. The summed E-state index contributed by atoms with van der Waals surface area (Å²) in [5, 5.41) is 5.74. The van der Waals surface area contributed by atoms with Crippen molar-refractivity contribution in [1.82, 2.24) is 10.2 Å². The molecule has 0 aliphatic heterocycles. The number of nitrogens with one attached hydrogen (secondary N) is 1. The van der Waals surface area contributed by atoms with E-state index in [4.69, 9.17) is 10.2 Å². The van der Waals surface area contributed by atoms with Gasteiger partial charge in [0, 0.05) is 5.56 Å². The fourth-order valence-corrected chi connectivity index (χ4v) is 1.86. The van der Waals surface area contributed by atoms with Gasteiger partial charge in [-0.1, -0.05) is 12.6 Å². The van der Waals surface area contributed by atoms with Crippen molar-refractivity contribution in [3.8, 4) is 0 Å². The van der Waals surface area contributed by atoms with Gasteiger partial charge in [0.2, 0.25) is 5.89 Å². The highest BCUT2D eigenvalue weighted by atomic mass is 19.1. The zero-order valence-electron chi connectivity index (χ0n) is 10.7. The molecular formula is C13H14FN3O2. The van der Waals surface area contributed by atoms with Crippen LogP contribution in [0.3, 0.4) is 0 Å². The first-order valence-electron chi connectivity index (χ1n) is 5.67. The lowest BCUT2D eigenvalue weighted by Crippen LogP contribution is -2.14. The highest BCUT2D eigenvalue weighted by molar-refractivity contribution is 5.71. The van der Waals surface area contributed by atoms with Gasteiger partial charge in [0.15, 0.2) is 0 Å². The van der Waals surface area contributed by atoms with Crippen molar-refractivity contribution >= 4 is 5.57 Å². The molecule has 2 aromatic rings. The minimum atomic E-state index is -0.881. The predicted molar refractivity (Wildman–Crippen MR) is 69.0 cm³/mol. The molecule has 0 radical (unpaired) electrons. The molecule has 19 heavy (non-hydrogen) atoms. The Balaban J connectivity index is 2.45. The number of H-pyrrole nitrogens is 1. The number of hydrogen-bond acceptors (Lipinski definition) is 4. The van der Waals surface area contributed by atoms with Crippen LogP contribution >= 0.6 is 0 Å². The molecule has 3 N–H and O–H groups in total. The number of nitrogens with zero attached hydrogens (tertiary/aromatic N) is 1. The first kappa shape index (κ1) is 13.2. The smallest absolute Gasteiger partial charge is 0.390 e. The minimum Gasteiger partial charge on any atom is -0.390 e. The normalized spacial score (nSPS) is 12.4. The standard InChI is InChI=1S/C13H14FN3O2/c1-6-4-5-9(14)10(7(6)2)8(3)11(15)12-16-17-13(18)19-12/h4-5,11H,3,15H2,1-2H3,(H,17,18). The summed E-state index contributed by atoms with van der Waals surface area (Å²) >= 11 is 0. The summed E-state index contributed by atoms with van der Waals surface area (Å²) in [6, 6.07) is 2.16. The molecule has 1 aromatic carbocycles. The van der Waals surface area contributed by atoms with Crippen molar-refractivity contribution < 1.29 is 8.81 Å². The molecule has 1 unspecified atom stereocenters. The molecular weight excluding hydrogens is 249 g/mol.